The van der Waals surface area contributed by atoms with Gasteiger partial charge in [0.15, 0.2) is 5.78 Å². The van der Waals surface area contributed by atoms with Crippen molar-refractivity contribution in [2.75, 3.05) is 39.5 Å². The van der Waals surface area contributed by atoms with Crippen LogP contribution in [-0.2, 0) is 4.74 Å². The maximum atomic E-state index is 12.3. The van der Waals surface area contributed by atoms with Crippen LogP contribution in [0.15, 0.2) is 54.6 Å². The molecule has 154 valence electrons. The molecule has 1 fully saturated rings. The molecule has 0 aromatic heterocycles. The molecule has 1 aliphatic heterocycles. The van der Waals surface area contributed by atoms with Crippen LogP contribution in [0.1, 0.15) is 15.9 Å². The molecule has 1 saturated heterocycles. The number of alkyl halides is 2. The average molecular weight is 403 g/mol. The SMILES string of the molecule is O=C(/C=C/c1ccc(OCCN2CCOCC2)cc1)c1cccc(OC(F)F)c1. The maximum Gasteiger partial charge on any atom is 0.387 e. The molecule has 29 heavy (non-hydrogen) atoms. The van der Waals surface area contributed by atoms with Crippen LogP contribution in [0.5, 0.6) is 11.5 Å². The third-order valence-electron chi connectivity index (χ3n) is 4.43. The van der Waals surface area contributed by atoms with Gasteiger partial charge in [-0.3, -0.25) is 9.69 Å². The van der Waals surface area contributed by atoms with Gasteiger partial charge in [0.25, 0.3) is 0 Å². The molecule has 5 nitrogen and oxygen atoms in total. The van der Waals surface area contributed by atoms with Gasteiger partial charge in [0.2, 0.25) is 0 Å². The van der Waals surface area contributed by atoms with Gasteiger partial charge in [-0.25, -0.2) is 0 Å². The van der Waals surface area contributed by atoms with Gasteiger partial charge in [-0.2, -0.15) is 8.78 Å². The number of carbonyl (C=O) groups is 1. The van der Waals surface area contributed by atoms with E-state index in [4.69, 9.17) is 9.47 Å². The Morgan fingerprint density at radius 1 is 1.10 bits per heavy atom. The van der Waals surface area contributed by atoms with Gasteiger partial charge in [0.1, 0.15) is 18.1 Å². The molecule has 0 radical (unpaired) electrons. The lowest BCUT2D eigenvalue weighted by Gasteiger charge is -2.26. The highest BCUT2D eigenvalue weighted by Crippen LogP contribution is 2.18. The summed E-state index contributed by atoms with van der Waals surface area (Å²) in [4.78, 5) is 14.5. The highest BCUT2D eigenvalue weighted by Gasteiger charge is 2.10. The second-order valence-corrected chi connectivity index (χ2v) is 6.48. The van der Waals surface area contributed by atoms with Crippen molar-refractivity contribution in [3.8, 4) is 11.5 Å². The number of benzene rings is 2. The molecule has 0 saturated carbocycles. The lowest BCUT2D eigenvalue weighted by molar-refractivity contribution is -0.0498. The first-order chi connectivity index (χ1) is 14.1. The minimum atomic E-state index is -2.93. The standard InChI is InChI=1S/C22H23F2NO4/c23-22(24)29-20-3-1-2-18(16-20)21(26)9-6-17-4-7-19(8-5-17)28-15-12-25-10-13-27-14-11-25/h1-9,16,22H,10-15H2/b9-6+. The van der Waals surface area contributed by atoms with E-state index in [0.717, 1.165) is 44.2 Å². The maximum absolute atomic E-state index is 12.3. The van der Waals surface area contributed by atoms with Crippen molar-refractivity contribution in [3.63, 3.8) is 0 Å². The molecule has 0 amide bonds. The van der Waals surface area contributed by atoms with Crippen molar-refractivity contribution in [2.24, 2.45) is 0 Å². The van der Waals surface area contributed by atoms with E-state index in [0.29, 0.717) is 6.61 Å². The van der Waals surface area contributed by atoms with Gasteiger partial charge >= 0.3 is 6.61 Å². The number of allylic oxidation sites excluding steroid dienone is 1. The summed E-state index contributed by atoms with van der Waals surface area (Å²) < 4.78 is 40.0. The third-order valence-corrected chi connectivity index (χ3v) is 4.43. The summed E-state index contributed by atoms with van der Waals surface area (Å²) in [7, 11) is 0. The smallest absolute Gasteiger partial charge is 0.387 e. The topological polar surface area (TPSA) is 48.0 Å². The summed E-state index contributed by atoms with van der Waals surface area (Å²) in [5.41, 5.74) is 1.11. The summed E-state index contributed by atoms with van der Waals surface area (Å²) in [5.74, 6) is 0.423. The van der Waals surface area contributed by atoms with E-state index in [1.54, 1.807) is 12.1 Å². The third kappa shape index (κ3) is 6.96. The fourth-order valence-corrected chi connectivity index (χ4v) is 2.89. The molecule has 2 aromatic rings. The molecule has 0 atom stereocenters. The Labute approximate surface area is 168 Å². The molecule has 0 aliphatic carbocycles. The van der Waals surface area contributed by atoms with Gasteiger partial charge in [-0.1, -0.05) is 30.3 Å². The van der Waals surface area contributed by atoms with Crippen LogP contribution in [0.2, 0.25) is 0 Å². The normalized spacial score (nSPS) is 15.0. The lowest BCUT2D eigenvalue weighted by Crippen LogP contribution is -2.38. The van der Waals surface area contributed by atoms with Crippen molar-refractivity contribution in [1.29, 1.82) is 0 Å². The van der Waals surface area contributed by atoms with Gasteiger partial charge in [-0.05, 0) is 35.9 Å². The highest BCUT2D eigenvalue weighted by atomic mass is 19.3. The Bertz CT molecular complexity index is 818. The van der Waals surface area contributed by atoms with Crippen LogP contribution in [0.25, 0.3) is 6.08 Å². The van der Waals surface area contributed by atoms with Crippen molar-refractivity contribution in [3.05, 3.63) is 65.7 Å². The van der Waals surface area contributed by atoms with Crippen LogP contribution in [0, 0.1) is 0 Å². The summed E-state index contributed by atoms with van der Waals surface area (Å²) in [6.07, 6.45) is 3.07. The zero-order valence-corrected chi connectivity index (χ0v) is 15.9. The average Bonchev–Trinajstić information content (AvgIpc) is 2.73. The fraction of sp³-hybridized carbons (Fsp3) is 0.318. The molecule has 2 aromatic carbocycles. The molecule has 0 unspecified atom stereocenters. The van der Waals surface area contributed by atoms with Gasteiger partial charge in [-0.15, -0.1) is 0 Å². The number of nitrogens with zero attached hydrogens (tertiary/aromatic N) is 1. The highest BCUT2D eigenvalue weighted by molar-refractivity contribution is 6.07. The van der Waals surface area contributed by atoms with Crippen molar-refractivity contribution in [2.45, 2.75) is 6.61 Å². The lowest BCUT2D eigenvalue weighted by atomic mass is 10.1. The fourth-order valence-electron chi connectivity index (χ4n) is 2.89. The minimum Gasteiger partial charge on any atom is -0.492 e. The number of halogens is 2. The number of ketones is 1. The van der Waals surface area contributed by atoms with E-state index < -0.39 is 6.61 Å². The Kier molecular flexibility index (Phi) is 7.72. The molecular weight excluding hydrogens is 380 g/mol. The summed E-state index contributed by atoms with van der Waals surface area (Å²) in [5, 5.41) is 0. The monoisotopic (exact) mass is 403 g/mol. The second kappa shape index (κ2) is 10.7. The summed E-state index contributed by atoms with van der Waals surface area (Å²) in [6.45, 7) is 1.92. The molecule has 3 rings (SSSR count). The van der Waals surface area contributed by atoms with E-state index in [1.165, 1.54) is 24.3 Å². The van der Waals surface area contributed by atoms with Crippen molar-refractivity contribution < 1.29 is 27.8 Å². The number of morpholine rings is 1. The first-order valence-electron chi connectivity index (χ1n) is 9.40. The molecule has 1 aliphatic rings. The predicted octanol–water partition coefficient (Wildman–Crippen LogP) is 3.90. The predicted molar refractivity (Wildman–Crippen MR) is 106 cm³/mol. The van der Waals surface area contributed by atoms with E-state index in [9.17, 15) is 13.6 Å². The quantitative estimate of drug-likeness (QED) is 0.470. The minimum absolute atomic E-state index is 0.0437. The van der Waals surface area contributed by atoms with Crippen LogP contribution in [-0.4, -0.2) is 56.7 Å². The van der Waals surface area contributed by atoms with Crippen LogP contribution >= 0.6 is 0 Å². The first-order valence-corrected chi connectivity index (χ1v) is 9.40. The molecule has 7 heteroatoms. The van der Waals surface area contributed by atoms with Crippen LogP contribution in [0.3, 0.4) is 0 Å². The van der Waals surface area contributed by atoms with E-state index in [1.807, 2.05) is 24.3 Å². The van der Waals surface area contributed by atoms with E-state index >= 15 is 0 Å². The number of hydrogen-bond acceptors (Lipinski definition) is 5. The van der Waals surface area contributed by atoms with Gasteiger partial charge in [0.05, 0.1) is 13.2 Å². The van der Waals surface area contributed by atoms with E-state index in [-0.39, 0.29) is 17.1 Å². The molecule has 0 N–H and O–H groups in total. The zero-order chi connectivity index (χ0) is 20.5. The number of hydrogen-bond donors (Lipinski definition) is 0. The van der Waals surface area contributed by atoms with Crippen LogP contribution in [0.4, 0.5) is 8.78 Å². The largest absolute Gasteiger partial charge is 0.492 e. The van der Waals surface area contributed by atoms with Gasteiger partial charge in [0, 0.05) is 25.2 Å². The number of ether oxygens (including phenoxy) is 3. The van der Waals surface area contributed by atoms with Crippen molar-refractivity contribution >= 4 is 11.9 Å². The Hall–Kier alpha value is -2.77. The molecule has 0 spiro atoms. The Balaban J connectivity index is 1.49. The van der Waals surface area contributed by atoms with Gasteiger partial charge < -0.3 is 14.2 Å². The molecular formula is C22H23F2NO4. The second-order valence-electron chi connectivity index (χ2n) is 6.48. The Morgan fingerprint density at radius 3 is 2.59 bits per heavy atom. The Morgan fingerprint density at radius 2 is 1.86 bits per heavy atom. The summed E-state index contributed by atoms with van der Waals surface area (Å²) >= 11 is 0. The number of rotatable bonds is 9. The summed E-state index contributed by atoms with van der Waals surface area (Å²) in [6, 6.07) is 13.1. The first kappa shape index (κ1) is 21.0. The number of carbonyl (C=O) groups excluding carboxylic acids is 1. The van der Waals surface area contributed by atoms with Crippen LogP contribution < -0.4 is 9.47 Å². The molecule has 0 bridgehead atoms. The zero-order valence-electron chi connectivity index (χ0n) is 15.9. The van der Waals surface area contributed by atoms with Crippen molar-refractivity contribution in [1.82, 2.24) is 4.90 Å². The van der Waals surface area contributed by atoms with E-state index in [2.05, 4.69) is 9.64 Å². The molecule has 1 heterocycles.